The Morgan fingerprint density at radius 3 is 2.71 bits per heavy atom. The maximum Gasteiger partial charge on any atom is 0.257 e. The van der Waals surface area contributed by atoms with Crippen molar-refractivity contribution in [2.75, 3.05) is 23.7 Å². The van der Waals surface area contributed by atoms with Gasteiger partial charge in [0.25, 0.3) is 5.95 Å². The van der Waals surface area contributed by atoms with Gasteiger partial charge in [-0.05, 0) is 19.4 Å². The first kappa shape index (κ1) is 13.3. The van der Waals surface area contributed by atoms with E-state index in [4.69, 9.17) is 11.5 Å². The van der Waals surface area contributed by atoms with Gasteiger partial charge in [-0.2, -0.15) is 20.1 Å². The molecule has 2 aromatic heterocycles. The lowest BCUT2D eigenvalue weighted by atomic mass is 9.89. The molecule has 0 aromatic carbocycles. The highest BCUT2D eigenvalue weighted by Gasteiger charge is 2.40. The number of rotatable bonds is 3. The van der Waals surface area contributed by atoms with E-state index in [1.165, 1.54) is 4.68 Å². The van der Waals surface area contributed by atoms with Crippen molar-refractivity contribution >= 4 is 17.8 Å². The molecule has 2 aromatic rings. The largest absolute Gasteiger partial charge is 0.369 e. The molecule has 110 valence electrons. The summed E-state index contributed by atoms with van der Waals surface area (Å²) in [6.07, 6.45) is 4.00. The summed E-state index contributed by atoms with van der Waals surface area (Å²) >= 11 is 0. The van der Waals surface area contributed by atoms with E-state index in [-0.39, 0.29) is 11.9 Å². The van der Waals surface area contributed by atoms with Crippen LogP contribution in [-0.2, 0) is 4.79 Å². The van der Waals surface area contributed by atoms with Crippen molar-refractivity contribution in [2.24, 2.45) is 11.1 Å². The molecule has 1 fully saturated rings. The van der Waals surface area contributed by atoms with Crippen LogP contribution in [0, 0.1) is 5.41 Å². The zero-order chi connectivity index (χ0) is 15.0. The molecule has 9 heteroatoms. The molecule has 1 amide bonds. The third-order valence-electron chi connectivity index (χ3n) is 3.69. The molecule has 3 heterocycles. The highest BCUT2D eigenvalue weighted by molar-refractivity contribution is 5.81. The standard InChI is InChI=1S/C12H16N8O/c1-12(8(13)21)3-6-19(7-12)10-16-9(14)17-11(18-10)20-5-2-4-15-20/h2,4-5H,3,6-7H2,1H3,(H2,13,21)(H2,14,16,17,18). The molecule has 1 atom stereocenters. The first-order chi connectivity index (χ1) is 9.98. The van der Waals surface area contributed by atoms with Crippen LogP contribution in [0.25, 0.3) is 5.95 Å². The van der Waals surface area contributed by atoms with Gasteiger partial charge in [0.1, 0.15) is 0 Å². The van der Waals surface area contributed by atoms with Gasteiger partial charge in [0.2, 0.25) is 17.8 Å². The van der Waals surface area contributed by atoms with Crippen LogP contribution in [0.15, 0.2) is 18.5 Å². The monoisotopic (exact) mass is 288 g/mol. The minimum absolute atomic E-state index is 0.109. The summed E-state index contributed by atoms with van der Waals surface area (Å²) in [5.41, 5.74) is 10.6. The van der Waals surface area contributed by atoms with Gasteiger partial charge in [0.15, 0.2) is 0 Å². The molecule has 1 aliphatic heterocycles. The molecule has 0 radical (unpaired) electrons. The number of nitrogens with two attached hydrogens (primary N) is 2. The average molecular weight is 288 g/mol. The SMILES string of the molecule is CC1(C(N)=O)CCN(c2nc(N)nc(-n3cccn3)n2)C1. The quantitative estimate of drug-likeness (QED) is 0.767. The molecule has 4 N–H and O–H groups in total. The lowest BCUT2D eigenvalue weighted by Gasteiger charge is -2.21. The lowest BCUT2D eigenvalue weighted by Crippen LogP contribution is -2.37. The number of nitrogens with zero attached hydrogens (tertiary/aromatic N) is 6. The molecule has 0 aliphatic carbocycles. The predicted molar refractivity (Wildman–Crippen MR) is 75.5 cm³/mol. The Balaban J connectivity index is 1.92. The fourth-order valence-corrected chi connectivity index (χ4v) is 2.33. The van der Waals surface area contributed by atoms with Crippen LogP contribution in [-0.4, -0.2) is 43.7 Å². The van der Waals surface area contributed by atoms with E-state index in [2.05, 4.69) is 20.1 Å². The first-order valence-electron chi connectivity index (χ1n) is 6.54. The highest BCUT2D eigenvalue weighted by atomic mass is 16.1. The third kappa shape index (κ3) is 2.37. The van der Waals surface area contributed by atoms with E-state index in [9.17, 15) is 4.79 Å². The van der Waals surface area contributed by atoms with E-state index < -0.39 is 5.41 Å². The Morgan fingerprint density at radius 1 is 1.33 bits per heavy atom. The highest BCUT2D eigenvalue weighted by Crippen LogP contribution is 2.31. The van der Waals surface area contributed by atoms with Gasteiger partial charge in [0.05, 0.1) is 5.41 Å². The summed E-state index contributed by atoms with van der Waals surface area (Å²) in [6, 6.07) is 1.76. The van der Waals surface area contributed by atoms with E-state index in [0.29, 0.717) is 31.4 Å². The van der Waals surface area contributed by atoms with Gasteiger partial charge in [-0.25, -0.2) is 4.68 Å². The topological polar surface area (TPSA) is 129 Å². The lowest BCUT2D eigenvalue weighted by molar-refractivity contribution is -0.125. The zero-order valence-electron chi connectivity index (χ0n) is 11.6. The van der Waals surface area contributed by atoms with Gasteiger partial charge in [-0.1, -0.05) is 0 Å². The second-order valence-corrected chi connectivity index (χ2v) is 5.34. The Hall–Kier alpha value is -2.71. The summed E-state index contributed by atoms with van der Waals surface area (Å²) < 4.78 is 1.50. The normalized spacial score (nSPS) is 21.7. The van der Waals surface area contributed by atoms with Crippen molar-refractivity contribution in [2.45, 2.75) is 13.3 Å². The summed E-state index contributed by atoms with van der Waals surface area (Å²) in [5.74, 6) is 0.561. The van der Waals surface area contributed by atoms with Crippen LogP contribution in [0.2, 0.25) is 0 Å². The Kier molecular flexibility index (Phi) is 2.96. The number of hydrogen-bond acceptors (Lipinski definition) is 7. The second kappa shape index (κ2) is 4.69. The Bertz CT molecular complexity index is 670. The maximum absolute atomic E-state index is 11.5. The number of amides is 1. The van der Waals surface area contributed by atoms with Gasteiger partial charge in [-0.3, -0.25) is 4.79 Å². The molecule has 0 spiro atoms. The molecule has 0 saturated carbocycles. The number of nitrogen functional groups attached to an aromatic ring is 1. The summed E-state index contributed by atoms with van der Waals surface area (Å²) in [6.45, 7) is 2.94. The third-order valence-corrected chi connectivity index (χ3v) is 3.69. The molecule has 21 heavy (non-hydrogen) atoms. The minimum Gasteiger partial charge on any atom is -0.369 e. The number of primary amides is 1. The van der Waals surface area contributed by atoms with Crippen LogP contribution in [0.3, 0.4) is 0 Å². The Labute approximate surface area is 121 Å². The first-order valence-corrected chi connectivity index (χ1v) is 6.54. The summed E-state index contributed by atoms with van der Waals surface area (Å²) in [7, 11) is 0. The van der Waals surface area contributed by atoms with Crippen molar-refractivity contribution < 1.29 is 4.79 Å². The van der Waals surface area contributed by atoms with Gasteiger partial charge >= 0.3 is 0 Å². The van der Waals surface area contributed by atoms with E-state index >= 15 is 0 Å². The fourth-order valence-electron chi connectivity index (χ4n) is 2.33. The summed E-state index contributed by atoms with van der Waals surface area (Å²) in [5, 5.41) is 4.07. The number of carbonyl (C=O) groups is 1. The predicted octanol–water partition coefficient (Wildman–Crippen LogP) is -0.659. The minimum atomic E-state index is -0.576. The van der Waals surface area contributed by atoms with Crippen molar-refractivity contribution in [1.29, 1.82) is 0 Å². The smallest absolute Gasteiger partial charge is 0.257 e. The molecule has 9 nitrogen and oxygen atoms in total. The molecule has 1 aliphatic rings. The molecule has 1 unspecified atom stereocenters. The van der Waals surface area contributed by atoms with Crippen LogP contribution in [0.4, 0.5) is 11.9 Å². The summed E-state index contributed by atoms with van der Waals surface area (Å²) in [4.78, 5) is 26.0. The van der Waals surface area contributed by atoms with Crippen LogP contribution in [0.5, 0.6) is 0 Å². The van der Waals surface area contributed by atoms with E-state index in [1.54, 1.807) is 18.5 Å². The fraction of sp³-hybridized carbons (Fsp3) is 0.417. The van der Waals surface area contributed by atoms with Crippen LogP contribution < -0.4 is 16.4 Å². The number of aromatic nitrogens is 5. The average Bonchev–Trinajstić information content (AvgIpc) is 3.08. The Morgan fingerprint density at radius 2 is 2.10 bits per heavy atom. The zero-order valence-corrected chi connectivity index (χ0v) is 11.6. The van der Waals surface area contributed by atoms with Crippen molar-refractivity contribution in [1.82, 2.24) is 24.7 Å². The maximum atomic E-state index is 11.5. The van der Waals surface area contributed by atoms with E-state index in [0.717, 1.165) is 0 Å². The van der Waals surface area contributed by atoms with Gasteiger partial charge in [-0.15, -0.1) is 0 Å². The molecule has 3 rings (SSSR count). The van der Waals surface area contributed by atoms with Crippen LogP contribution >= 0.6 is 0 Å². The second-order valence-electron chi connectivity index (χ2n) is 5.34. The van der Waals surface area contributed by atoms with Crippen molar-refractivity contribution in [3.63, 3.8) is 0 Å². The molecular weight excluding hydrogens is 272 g/mol. The molecular formula is C12H16N8O. The number of anilines is 2. The number of carbonyl (C=O) groups excluding carboxylic acids is 1. The molecule has 0 bridgehead atoms. The van der Waals surface area contributed by atoms with Crippen LogP contribution in [0.1, 0.15) is 13.3 Å². The van der Waals surface area contributed by atoms with Crippen molar-refractivity contribution in [3.05, 3.63) is 18.5 Å². The van der Waals surface area contributed by atoms with Crippen molar-refractivity contribution in [3.8, 4) is 5.95 Å². The molecule has 1 saturated heterocycles. The van der Waals surface area contributed by atoms with Gasteiger partial charge in [0, 0.05) is 25.5 Å². The van der Waals surface area contributed by atoms with E-state index in [1.807, 2.05) is 11.8 Å². The number of hydrogen-bond donors (Lipinski definition) is 2. The van der Waals surface area contributed by atoms with Gasteiger partial charge < -0.3 is 16.4 Å².